The third kappa shape index (κ3) is 4.40. The summed E-state index contributed by atoms with van der Waals surface area (Å²) in [6.07, 6.45) is 4.05. The van der Waals surface area contributed by atoms with Crippen LogP contribution < -0.4 is 16.4 Å². The first-order chi connectivity index (χ1) is 14.4. The standard InChI is InChI=1S/C21H24FN5O2S/c1-11(28)30-10-12-3-2-4-15(7-12)25-21-24-9-16(22)20(27-21)26-18-14-6-5-13(8-14)17(18)19(23)29/h2-4,7,9,13-14,17-18H,5-6,8,10H2,1H3,(H2,23,29)(H2,24,25,26,27)/t13-,14+,17+,18-/m1/s1. The number of hydrogen-bond donors (Lipinski definition) is 3. The van der Waals surface area contributed by atoms with Gasteiger partial charge in [-0.05, 0) is 48.8 Å². The fraction of sp³-hybridized carbons (Fsp3) is 0.429. The molecule has 1 heterocycles. The lowest BCUT2D eigenvalue weighted by molar-refractivity contribution is -0.123. The van der Waals surface area contributed by atoms with Crippen molar-refractivity contribution < 1.29 is 14.0 Å². The highest BCUT2D eigenvalue weighted by molar-refractivity contribution is 8.12. The molecule has 4 N–H and O–H groups in total. The SMILES string of the molecule is CC(=O)SCc1cccc(Nc2ncc(F)c(N[C@@H]3[C@H]4CC[C@H](C4)[C@@H]3C(N)=O)n2)c1. The molecule has 7 nitrogen and oxygen atoms in total. The average Bonchev–Trinajstić information content (AvgIpc) is 3.31. The summed E-state index contributed by atoms with van der Waals surface area (Å²) in [5, 5.41) is 6.27. The summed E-state index contributed by atoms with van der Waals surface area (Å²) in [5.41, 5.74) is 7.33. The second-order valence-electron chi connectivity index (χ2n) is 7.93. The minimum Gasteiger partial charge on any atom is -0.369 e. The smallest absolute Gasteiger partial charge is 0.229 e. The molecule has 0 saturated heterocycles. The summed E-state index contributed by atoms with van der Waals surface area (Å²) in [6.45, 7) is 1.53. The first kappa shape index (κ1) is 20.6. The van der Waals surface area contributed by atoms with E-state index in [1.165, 1.54) is 18.7 Å². The first-order valence-electron chi connectivity index (χ1n) is 9.98. The van der Waals surface area contributed by atoms with E-state index in [4.69, 9.17) is 5.73 Å². The number of carbonyl (C=O) groups excluding carboxylic acids is 2. The Hall–Kier alpha value is -2.68. The van der Waals surface area contributed by atoms with Crippen molar-refractivity contribution in [1.29, 1.82) is 0 Å². The molecule has 158 valence electrons. The maximum Gasteiger partial charge on any atom is 0.229 e. The largest absolute Gasteiger partial charge is 0.369 e. The highest BCUT2D eigenvalue weighted by Gasteiger charge is 2.50. The number of hydrogen-bond acceptors (Lipinski definition) is 7. The average molecular weight is 430 g/mol. The molecule has 0 aliphatic heterocycles. The number of halogens is 1. The number of primary amides is 1. The van der Waals surface area contributed by atoms with Crippen LogP contribution in [0.15, 0.2) is 30.5 Å². The molecule has 1 aromatic carbocycles. The molecular weight excluding hydrogens is 405 g/mol. The van der Waals surface area contributed by atoms with Crippen LogP contribution in [0.5, 0.6) is 0 Å². The van der Waals surface area contributed by atoms with Crippen LogP contribution in [0.2, 0.25) is 0 Å². The topological polar surface area (TPSA) is 110 Å². The lowest BCUT2D eigenvalue weighted by atomic mass is 9.84. The molecule has 2 aliphatic carbocycles. The van der Waals surface area contributed by atoms with Crippen molar-refractivity contribution in [3.63, 3.8) is 0 Å². The van der Waals surface area contributed by atoms with Crippen LogP contribution in [0.3, 0.4) is 0 Å². The van der Waals surface area contributed by atoms with E-state index in [2.05, 4.69) is 20.6 Å². The molecule has 1 aromatic heterocycles. The number of rotatable bonds is 7. The molecule has 30 heavy (non-hydrogen) atoms. The molecule has 4 rings (SSSR count). The van der Waals surface area contributed by atoms with Crippen LogP contribution in [0.25, 0.3) is 0 Å². The van der Waals surface area contributed by atoms with E-state index in [0.29, 0.717) is 11.7 Å². The number of aromatic nitrogens is 2. The minimum atomic E-state index is -0.571. The van der Waals surface area contributed by atoms with Gasteiger partial charge in [-0.15, -0.1) is 0 Å². The van der Waals surface area contributed by atoms with Gasteiger partial charge in [0.15, 0.2) is 16.8 Å². The predicted octanol–water partition coefficient (Wildman–Crippen LogP) is 3.45. The van der Waals surface area contributed by atoms with Crippen LogP contribution in [-0.4, -0.2) is 27.0 Å². The Balaban J connectivity index is 1.49. The van der Waals surface area contributed by atoms with Crippen molar-refractivity contribution in [2.45, 2.75) is 38.0 Å². The van der Waals surface area contributed by atoms with Gasteiger partial charge in [0.2, 0.25) is 11.9 Å². The summed E-state index contributed by atoms with van der Waals surface area (Å²) in [5.74, 6) is 0.238. The normalized spacial score (nSPS) is 24.6. The van der Waals surface area contributed by atoms with Gasteiger partial charge in [-0.2, -0.15) is 4.98 Å². The molecule has 2 aromatic rings. The van der Waals surface area contributed by atoms with Crippen molar-refractivity contribution in [2.75, 3.05) is 10.6 Å². The quantitative estimate of drug-likeness (QED) is 0.618. The molecular formula is C21H24FN5O2S. The Morgan fingerprint density at radius 3 is 2.87 bits per heavy atom. The van der Waals surface area contributed by atoms with Crippen LogP contribution in [0.1, 0.15) is 31.7 Å². The van der Waals surface area contributed by atoms with Crippen molar-refractivity contribution in [3.05, 3.63) is 41.8 Å². The number of fused-ring (bicyclic) bond motifs is 2. The number of nitrogens with one attached hydrogen (secondary N) is 2. The highest BCUT2D eigenvalue weighted by Crippen LogP contribution is 2.49. The molecule has 2 fully saturated rings. The van der Waals surface area contributed by atoms with E-state index >= 15 is 0 Å². The lowest BCUT2D eigenvalue weighted by Crippen LogP contribution is -2.42. The van der Waals surface area contributed by atoms with Gasteiger partial charge in [-0.1, -0.05) is 23.9 Å². The summed E-state index contributed by atoms with van der Waals surface area (Å²) < 4.78 is 14.4. The molecule has 0 spiro atoms. The molecule has 0 unspecified atom stereocenters. The van der Waals surface area contributed by atoms with Gasteiger partial charge < -0.3 is 16.4 Å². The third-order valence-corrected chi connectivity index (χ3v) is 6.80. The second-order valence-corrected chi connectivity index (χ2v) is 9.08. The lowest BCUT2D eigenvalue weighted by Gasteiger charge is -2.30. The monoisotopic (exact) mass is 429 g/mol. The zero-order valence-corrected chi connectivity index (χ0v) is 17.4. The Labute approximate surface area is 178 Å². The van der Waals surface area contributed by atoms with E-state index in [1.807, 2.05) is 24.3 Å². The van der Waals surface area contributed by atoms with Crippen LogP contribution in [0.4, 0.5) is 21.8 Å². The fourth-order valence-electron chi connectivity index (χ4n) is 4.65. The zero-order valence-electron chi connectivity index (χ0n) is 16.6. The van der Waals surface area contributed by atoms with Crippen molar-refractivity contribution >= 4 is 40.2 Å². The van der Waals surface area contributed by atoms with Crippen LogP contribution >= 0.6 is 11.8 Å². The summed E-state index contributed by atoms with van der Waals surface area (Å²) in [6, 6.07) is 7.34. The minimum absolute atomic E-state index is 0.0563. The van der Waals surface area contributed by atoms with E-state index in [9.17, 15) is 14.0 Å². The Bertz CT molecular complexity index is 972. The van der Waals surface area contributed by atoms with Gasteiger partial charge in [0.05, 0.1) is 12.1 Å². The van der Waals surface area contributed by atoms with Crippen molar-refractivity contribution in [1.82, 2.24) is 9.97 Å². The fourth-order valence-corrected chi connectivity index (χ4v) is 5.20. The first-order valence-corrected chi connectivity index (χ1v) is 11.0. The number of amides is 1. The maximum absolute atomic E-state index is 14.4. The van der Waals surface area contributed by atoms with Gasteiger partial charge in [0.25, 0.3) is 0 Å². The number of thioether (sulfide) groups is 1. The van der Waals surface area contributed by atoms with Gasteiger partial charge in [0, 0.05) is 24.4 Å². The Morgan fingerprint density at radius 2 is 2.10 bits per heavy atom. The molecule has 0 radical (unpaired) electrons. The number of nitrogens with two attached hydrogens (primary N) is 1. The van der Waals surface area contributed by atoms with Crippen molar-refractivity contribution in [3.8, 4) is 0 Å². The van der Waals surface area contributed by atoms with E-state index < -0.39 is 5.82 Å². The molecule has 4 atom stereocenters. The summed E-state index contributed by atoms with van der Waals surface area (Å²) in [4.78, 5) is 31.4. The number of benzene rings is 1. The number of carbonyl (C=O) groups is 2. The van der Waals surface area contributed by atoms with Gasteiger partial charge in [-0.3, -0.25) is 9.59 Å². The summed E-state index contributed by atoms with van der Waals surface area (Å²) in [7, 11) is 0. The Morgan fingerprint density at radius 1 is 1.30 bits per heavy atom. The van der Waals surface area contributed by atoms with Crippen molar-refractivity contribution in [2.24, 2.45) is 23.5 Å². The molecule has 2 aliphatic rings. The highest BCUT2D eigenvalue weighted by atomic mass is 32.2. The van der Waals surface area contributed by atoms with Crippen LogP contribution in [0, 0.1) is 23.6 Å². The molecule has 2 bridgehead atoms. The zero-order chi connectivity index (χ0) is 21.3. The van der Waals surface area contributed by atoms with Gasteiger partial charge >= 0.3 is 0 Å². The number of nitrogens with zero attached hydrogens (tertiary/aromatic N) is 2. The Kier molecular flexibility index (Phi) is 5.90. The van der Waals surface area contributed by atoms with E-state index in [1.54, 1.807) is 0 Å². The predicted molar refractivity (Wildman–Crippen MR) is 115 cm³/mol. The summed E-state index contributed by atoms with van der Waals surface area (Å²) >= 11 is 1.23. The third-order valence-electron chi connectivity index (χ3n) is 5.92. The van der Waals surface area contributed by atoms with Gasteiger partial charge in [-0.25, -0.2) is 9.37 Å². The van der Waals surface area contributed by atoms with E-state index in [-0.39, 0.29) is 40.7 Å². The molecule has 1 amide bonds. The van der Waals surface area contributed by atoms with E-state index in [0.717, 1.165) is 36.7 Å². The molecule has 9 heteroatoms. The maximum atomic E-state index is 14.4. The number of anilines is 3. The van der Waals surface area contributed by atoms with Crippen LogP contribution in [-0.2, 0) is 15.3 Å². The van der Waals surface area contributed by atoms with Gasteiger partial charge in [0.1, 0.15) is 0 Å². The molecule has 2 saturated carbocycles. The second kappa shape index (κ2) is 8.59.